The van der Waals surface area contributed by atoms with Gasteiger partial charge in [0.1, 0.15) is 24.7 Å². The molecule has 2 unspecified atom stereocenters. The molecule has 2 atom stereocenters. The fourth-order valence-corrected chi connectivity index (χ4v) is 5.09. The maximum Gasteiger partial charge on any atom is 0.412 e. The summed E-state index contributed by atoms with van der Waals surface area (Å²) in [5.74, 6) is -0.769. The average Bonchev–Trinajstić information content (AvgIpc) is 3.28. The number of amides is 2. The third-order valence-corrected chi connectivity index (χ3v) is 7.26. The molecule has 3 heterocycles. The van der Waals surface area contributed by atoms with Crippen molar-refractivity contribution in [2.45, 2.75) is 91.2 Å². The summed E-state index contributed by atoms with van der Waals surface area (Å²) in [6.07, 6.45) is 1.78. The third kappa shape index (κ3) is 7.70. The molecular weight excluding hydrogens is 544 g/mol. The maximum atomic E-state index is 14.2. The lowest BCUT2D eigenvalue weighted by Gasteiger charge is -2.36. The minimum absolute atomic E-state index is 0.0396. The van der Waals surface area contributed by atoms with Crippen molar-refractivity contribution < 1.29 is 37.7 Å². The molecule has 0 spiro atoms. The summed E-state index contributed by atoms with van der Waals surface area (Å²) in [6, 6.07) is 9.82. The number of nitrogens with zero attached hydrogens (tertiary/aromatic N) is 2. The number of ether oxygens (including phenoxy) is 5. The van der Waals surface area contributed by atoms with Crippen molar-refractivity contribution in [2.75, 3.05) is 26.4 Å². The molecule has 0 radical (unpaired) electrons. The van der Waals surface area contributed by atoms with E-state index in [0.717, 1.165) is 24.8 Å². The molecule has 2 aliphatic rings. The van der Waals surface area contributed by atoms with E-state index in [1.807, 2.05) is 44.2 Å². The quantitative estimate of drug-likeness (QED) is 0.369. The third-order valence-electron chi connectivity index (χ3n) is 7.26. The SMILES string of the molecule is CCOC(=O)N1C(CN(C(=O)c2oc(COC3CCCCO3)cc(=O)c2OCc2ccccc2)C(C)C)COC1(C)C. The molecule has 2 aliphatic heterocycles. The van der Waals surface area contributed by atoms with E-state index in [1.54, 1.807) is 25.7 Å². The van der Waals surface area contributed by atoms with Gasteiger partial charge in [0.2, 0.25) is 16.9 Å². The Morgan fingerprint density at radius 1 is 1.14 bits per heavy atom. The summed E-state index contributed by atoms with van der Waals surface area (Å²) in [5.41, 5.74) is -0.587. The highest BCUT2D eigenvalue weighted by Crippen LogP contribution is 2.30. The lowest BCUT2D eigenvalue weighted by atomic mass is 10.1. The first-order chi connectivity index (χ1) is 20.1. The van der Waals surface area contributed by atoms with Gasteiger partial charge in [-0.1, -0.05) is 30.3 Å². The molecule has 230 valence electrons. The van der Waals surface area contributed by atoms with Gasteiger partial charge in [-0.15, -0.1) is 0 Å². The van der Waals surface area contributed by atoms with E-state index in [1.165, 1.54) is 11.0 Å². The van der Waals surface area contributed by atoms with Crippen molar-refractivity contribution in [3.8, 4) is 5.75 Å². The molecule has 42 heavy (non-hydrogen) atoms. The van der Waals surface area contributed by atoms with Crippen LogP contribution in [0.4, 0.5) is 4.79 Å². The Morgan fingerprint density at radius 3 is 2.57 bits per heavy atom. The Hall–Kier alpha value is -3.41. The molecular formula is C31H42N2O9. The average molecular weight is 587 g/mol. The first kappa shape index (κ1) is 31.5. The van der Waals surface area contributed by atoms with Gasteiger partial charge in [0, 0.05) is 25.3 Å². The van der Waals surface area contributed by atoms with Crippen LogP contribution >= 0.6 is 0 Å². The monoisotopic (exact) mass is 586 g/mol. The van der Waals surface area contributed by atoms with Crippen molar-refractivity contribution in [1.29, 1.82) is 0 Å². The highest BCUT2D eigenvalue weighted by molar-refractivity contribution is 5.94. The molecule has 1 aromatic carbocycles. The van der Waals surface area contributed by atoms with Gasteiger partial charge in [0.05, 0.1) is 19.3 Å². The molecule has 1 aromatic heterocycles. The maximum absolute atomic E-state index is 14.2. The number of carbonyl (C=O) groups excluding carboxylic acids is 2. The van der Waals surface area contributed by atoms with Crippen molar-refractivity contribution in [3.05, 3.63) is 63.7 Å². The van der Waals surface area contributed by atoms with E-state index < -0.39 is 35.5 Å². The van der Waals surface area contributed by atoms with E-state index in [9.17, 15) is 14.4 Å². The summed E-state index contributed by atoms with van der Waals surface area (Å²) >= 11 is 0. The molecule has 0 aliphatic carbocycles. The van der Waals surface area contributed by atoms with E-state index in [0.29, 0.717) is 6.61 Å². The molecule has 4 rings (SSSR count). The second-order valence-corrected chi connectivity index (χ2v) is 11.1. The normalized spacial score (nSPS) is 20.0. The summed E-state index contributed by atoms with van der Waals surface area (Å²) in [7, 11) is 0. The zero-order valence-corrected chi connectivity index (χ0v) is 25.1. The number of hydrogen-bond acceptors (Lipinski definition) is 9. The number of hydrogen-bond donors (Lipinski definition) is 0. The summed E-state index contributed by atoms with van der Waals surface area (Å²) in [6.45, 7) is 10.2. The Balaban J connectivity index is 1.63. The van der Waals surface area contributed by atoms with Gasteiger partial charge < -0.3 is 33.0 Å². The zero-order chi connectivity index (χ0) is 30.3. The highest BCUT2D eigenvalue weighted by Gasteiger charge is 2.46. The fraction of sp³-hybridized carbons (Fsp3) is 0.581. The Morgan fingerprint density at radius 2 is 1.90 bits per heavy atom. The highest BCUT2D eigenvalue weighted by atomic mass is 16.7. The van der Waals surface area contributed by atoms with Crippen LogP contribution in [-0.2, 0) is 32.2 Å². The van der Waals surface area contributed by atoms with Crippen LogP contribution in [-0.4, -0.2) is 72.3 Å². The van der Waals surface area contributed by atoms with Crippen LogP contribution < -0.4 is 10.2 Å². The zero-order valence-electron chi connectivity index (χ0n) is 25.1. The Labute approximate surface area is 246 Å². The van der Waals surface area contributed by atoms with Gasteiger partial charge in [-0.25, -0.2) is 4.79 Å². The largest absolute Gasteiger partial charge is 0.481 e. The van der Waals surface area contributed by atoms with Crippen LogP contribution in [0.1, 0.15) is 75.8 Å². The molecule has 0 N–H and O–H groups in total. The lowest BCUT2D eigenvalue weighted by molar-refractivity contribution is -0.171. The lowest BCUT2D eigenvalue weighted by Crippen LogP contribution is -2.53. The molecule has 0 saturated carbocycles. The van der Waals surface area contributed by atoms with Gasteiger partial charge in [0.15, 0.2) is 6.29 Å². The van der Waals surface area contributed by atoms with Gasteiger partial charge in [-0.2, -0.15) is 0 Å². The van der Waals surface area contributed by atoms with E-state index in [-0.39, 0.29) is 56.3 Å². The molecule has 0 bridgehead atoms. The van der Waals surface area contributed by atoms with Crippen LogP contribution in [0.2, 0.25) is 0 Å². The van der Waals surface area contributed by atoms with Crippen LogP contribution in [0.25, 0.3) is 0 Å². The second kappa shape index (κ2) is 14.2. The summed E-state index contributed by atoms with van der Waals surface area (Å²) in [5, 5.41) is 0. The molecule has 2 amide bonds. The summed E-state index contributed by atoms with van der Waals surface area (Å²) in [4.78, 5) is 43.4. The smallest absolute Gasteiger partial charge is 0.412 e. The predicted octanol–water partition coefficient (Wildman–Crippen LogP) is 4.71. The van der Waals surface area contributed by atoms with Gasteiger partial charge in [0.25, 0.3) is 5.91 Å². The molecule has 2 saturated heterocycles. The van der Waals surface area contributed by atoms with Crippen molar-refractivity contribution >= 4 is 12.0 Å². The van der Waals surface area contributed by atoms with Crippen LogP contribution in [0.15, 0.2) is 45.6 Å². The second-order valence-electron chi connectivity index (χ2n) is 11.1. The minimum atomic E-state index is -0.919. The minimum Gasteiger partial charge on any atom is -0.481 e. The first-order valence-electron chi connectivity index (χ1n) is 14.6. The van der Waals surface area contributed by atoms with E-state index in [2.05, 4.69) is 0 Å². The predicted molar refractivity (Wildman–Crippen MR) is 153 cm³/mol. The van der Waals surface area contributed by atoms with Gasteiger partial charge >= 0.3 is 6.09 Å². The van der Waals surface area contributed by atoms with Gasteiger partial charge in [-0.05, 0) is 59.4 Å². The van der Waals surface area contributed by atoms with Crippen LogP contribution in [0, 0.1) is 0 Å². The summed E-state index contributed by atoms with van der Waals surface area (Å²) < 4.78 is 34.6. The standard InChI is InChI=1S/C31H42N2O9/c1-6-37-30(36)33-23(19-41-31(33,4)5)17-32(21(2)3)29(35)28-27(40-18-22-12-8-7-9-13-22)25(34)16-24(42-28)20-39-26-14-10-11-15-38-26/h7-9,12-13,16,21,23,26H,6,10-11,14-15,17-20H2,1-5H3. The number of carbonyl (C=O) groups is 2. The molecule has 2 aromatic rings. The fourth-order valence-electron chi connectivity index (χ4n) is 5.09. The van der Waals surface area contributed by atoms with Crippen LogP contribution in [0.5, 0.6) is 5.75 Å². The number of rotatable bonds is 11. The number of benzene rings is 1. The van der Waals surface area contributed by atoms with E-state index >= 15 is 0 Å². The topological polar surface area (TPSA) is 117 Å². The molecule has 11 nitrogen and oxygen atoms in total. The Kier molecular flexibility index (Phi) is 10.6. The van der Waals surface area contributed by atoms with Gasteiger partial charge in [-0.3, -0.25) is 14.5 Å². The van der Waals surface area contributed by atoms with Crippen molar-refractivity contribution in [2.24, 2.45) is 0 Å². The van der Waals surface area contributed by atoms with Crippen molar-refractivity contribution in [3.63, 3.8) is 0 Å². The Bertz CT molecular complexity index is 1250. The van der Waals surface area contributed by atoms with E-state index in [4.69, 9.17) is 28.1 Å². The molecule has 2 fully saturated rings. The molecule has 11 heteroatoms. The van der Waals surface area contributed by atoms with Crippen molar-refractivity contribution in [1.82, 2.24) is 9.80 Å². The first-order valence-corrected chi connectivity index (χ1v) is 14.6. The van der Waals surface area contributed by atoms with Crippen LogP contribution in [0.3, 0.4) is 0 Å².